The molecule has 2 bridgehead atoms. The molecule has 2 atom stereocenters. The molecule has 1 aliphatic carbocycles. The van der Waals surface area contributed by atoms with Gasteiger partial charge in [-0.1, -0.05) is 23.7 Å². The number of piperidine rings is 1. The highest BCUT2D eigenvalue weighted by atomic mass is 35.5. The number of para-hydroxylation sites is 1. The Morgan fingerprint density at radius 2 is 1.88 bits per heavy atom. The Morgan fingerprint density at radius 1 is 1.12 bits per heavy atom. The molecule has 2 aliphatic rings. The van der Waals surface area contributed by atoms with Gasteiger partial charge in [-0.3, -0.25) is 0 Å². The highest BCUT2D eigenvalue weighted by Gasteiger charge is 2.43. The number of hydrogen-bond acceptors (Lipinski definition) is 7. The van der Waals surface area contributed by atoms with Gasteiger partial charge in [-0.05, 0) is 57.6 Å². The Labute approximate surface area is 193 Å². The topological polar surface area (TPSA) is 81.0 Å². The minimum Gasteiger partial charge on any atom is -0.423 e. The van der Waals surface area contributed by atoms with Gasteiger partial charge in [0, 0.05) is 30.9 Å². The second-order valence-corrected chi connectivity index (χ2v) is 9.39. The molecule has 168 valence electrons. The molecule has 8 nitrogen and oxygen atoms in total. The molecule has 3 heterocycles. The molecule has 3 aromatic rings. The maximum absolute atomic E-state index is 6.28. The second-order valence-electron chi connectivity index (χ2n) is 8.98. The molecule has 2 unspecified atom stereocenters. The van der Waals surface area contributed by atoms with Gasteiger partial charge < -0.3 is 15.0 Å². The van der Waals surface area contributed by atoms with Crippen molar-refractivity contribution in [2.45, 2.75) is 45.7 Å². The fourth-order valence-corrected chi connectivity index (χ4v) is 4.98. The Hall–Kier alpha value is -2.87. The van der Waals surface area contributed by atoms with Crippen LogP contribution in [0.4, 0.5) is 11.8 Å². The summed E-state index contributed by atoms with van der Waals surface area (Å²) in [7, 11) is 0. The summed E-state index contributed by atoms with van der Waals surface area (Å²) in [5, 5.41) is 8.88. The molecule has 32 heavy (non-hydrogen) atoms. The SMILES string of the molecule is Cc1cc(N2CC3CCC(C2)C3Nc2nc(Oc3ccccc3Cl)n(C(C)C)n2)ncn1. The van der Waals surface area contributed by atoms with Gasteiger partial charge in [-0.15, -0.1) is 5.10 Å². The number of fused-ring (bicyclic) bond motifs is 2. The summed E-state index contributed by atoms with van der Waals surface area (Å²) in [4.78, 5) is 15.8. The Morgan fingerprint density at radius 3 is 2.56 bits per heavy atom. The molecule has 1 aromatic carbocycles. The lowest BCUT2D eigenvalue weighted by Gasteiger charge is -2.38. The van der Waals surface area contributed by atoms with Gasteiger partial charge in [0.2, 0.25) is 5.95 Å². The van der Waals surface area contributed by atoms with Crippen molar-refractivity contribution < 1.29 is 4.74 Å². The van der Waals surface area contributed by atoms with E-state index in [2.05, 4.69) is 45.1 Å². The van der Waals surface area contributed by atoms with Crippen molar-refractivity contribution in [1.82, 2.24) is 24.7 Å². The van der Waals surface area contributed by atoms with Crippen molar-refractivity contribution in [2.75, 3.05) is 23.3 Å². The quantitative estimate of drug-likeness (QED) is 0.577. The number of benzene rings is 1. The van der Waals surface area contributed by atoms with Gasteiger partial charge in [0.15, 0.2) is 0 Å². The van der Waals surface area contributed by atoms with Crippen LogP contribution in [0.3, 0.4) is 0 Å². The van der Waals surface area contributed by atoms with Gasteiger partial charge in [0.25, 0.3) is 0 Å². The number of aromatic nitrogens is 5. The largest absolute Gasteiger partial charge is 0.423 e. The van der Waals surface area contributed by atoms with Crippen LogP contribution in [0.15, 0.2) is 36.7 Å². The predicted octanol–water partition coefficient (Wildman–Crippen LogP) is 4.73. The van der Waals surface area contributed by atoms with Crippen LogP contribution >= 0.6 is 11.6 Å². The van der Waals surface area contributed by atoms with Crippen LogP contribution in [0, 0.1) is 18.8 Å². The molecular weight excluding hydrogens is 426 g/mol. The van der Waals surface area contributed by atoms with Crippen LogP contribution in [-0.2, 0) is 0 Å². The van der Waals surface area contributed by atoms with Gasteiger partial charge in [0.1, 0.15) is 17.9 Å². The molecule has 1 saturated heterocycles. The smallest absolute Gasteiger partial charge is 0.322 e. The van der Waals surface area contributed by atoms with Gasteiger partial charge in [-0.2, -0.15) is 4.98 Å². The first kappa shape index (κ1) is 21.0. The first-order valence-electron chi connectivity index (χ1n) is 11.2. The van der Waals surface area contributed by atoms with E-state index in [1.54, 1.807) is 17.1 Å². The summed E-state index contributed by atoms with van der Waals surface area (Å²) in [6, 6.07) is 10.4. The second kappa shape index (κ2) is 8.58. The van der Waals surface area contributed by atoms with Crippen molar-refractivity contribution >= 4 is 23.4 Å². The van der Waals surface area contributed by atoms with E-state index in [0.29, 0.717) is 40.6 Å². The summed E-state index contributed by atoms with van der Waals surface area (Å²) < 4.78 is 7.82. The molecule has 0 radical (unpaired) electrons. The predicted molar refractivity (Wildman–Crippen MR) is 125 cm³/mol. The molecule has 9 heteroatoms. The van der Waals surface area contributed by atoms with E-state index >= 15 is 0 Å². The number of nitrogens with one attached hydrogen (secondary N) is 1. The van der Waals surface area contributed by atoms with E-state index in [0.717, 1.165) is 24.6 Å². The summed E-state index contributed by atoms with van der Waals surface area (Å²) in [5.41, 5.74) is 0.997. The lowest BCUT2D eigenvalue weighted by Crippen LogP contribution is -2.48. The first-order valence-corrected chi connectivity index (χ1v) is 11.5. The third kappa shape index (κ3) is 4.11. The fraction of sp³-hybridized carbons (Fsp3) is 0.478. The number of rotatable bonds is 6. The van der Waals surface area contributed by atoms with Crippen LogP contribution in [-0.4, -0.2) is 43.9 Å². The van der Waals surface area contributed by atoms with E-state index in [1.807, 2.05) is 25.1 Å². The number of ether oxygens (including phenoxy) is 1. The molecule has 0 amide bonds. The molecule has 1 N–H and O–H groups in total. The maximum atomic E-state index is 6.28. The Kier molecular flexibility index (Phi) is 5.63. The third-order valence-corrected chi connectivity index (χ3v) is 6.68. The minimum absolute atomic E-state index is 0.107. The average Bonchev–Trinajstić information content (AvgIpc) is 3.26. The lowest BCUT2D eigenvalue weighted by atomic mass is 9.92. The lowest BCUT2D eigenvalue weighted by molar-refractivity contribution is 0.373. The van der Waals surface area contributed by atoms with Crippen molar-refractivity contribution in [2.24, 2.45) is 11.8 Å². The third-order valence-electron chi connectivity index (χ3n) is 6.37. The van der Waals surface area contributed by atoms with Gasteiger partial charge in [-0.25, -0.2) is 14.6 Å². The summed E-state index contributed by atoms with van der Waals surface area (Å²) in [6.07, 6.45) is 4.04. The maximum Gasteiger partial charge on any atom is 0.322 e. The zero-order valence-corrected chi connectivity index (χ0v) is 19.3. The zero-order valence-electron chi connectivity index (χ0n) is 18.6. The van der Waals surface area contributed by atoms with E-state index in [-0.39, 0.29) is 6.04 Å². The van der Waals surface area contributed by atoms with Crippen LogP contribution in [0.25, 0.3) is 0 Å². The van der Waals surface area contributed by atoms with Crippen molar-refractivity contribution in [3.05, 3.63) is 47.4 Å². The Balaban J connectivity index is 1.33. The number of hydrogen-bond donors (Lipinski definition) is 1. The van der Waals surface area contributed by atoms with Crippen molar-refractivity contribution in [3.63, 3.8) is 0 Å². The van der Waals surface area contributed by atoms with E-state index in [1.165, 1.54) is 12.8 Å². The van der Waals surface area contributed by atoms with Crippen molar-refractivity contribution in [3.8, 4) is 11.8 Å². The van der Waals surface area contributed by atoms with Crippen LogP contribution in [0.5, 0.6) is 11.8 Å². The molecule has 2 aromatic heterocycles. The number of aryl methyl sites for hydroxylation is 1. The van der Waals surface area contributed by atoms with Crippen LogP contribution in [0.1, 0.15) is 38.4 Å². The highest BCUT2D eigenvalue weighted by molar-refractivity contribution is 6.32. The Bertz CT molecular complexity index is 1090. The molecule has 2 fully saturated rings. The number of halogens is 1. The monoisotopic (exact) mass is 453 g/mol. The van der Waals surface area contributed by atoms with E-state index < -0.39 is 0 Å². The van der Waals surface area contributed by atoms with Gasteiger partial charge in [0.05, 0.1) is 11.1 Å². The van der Waals surface area contributed by atoms with Crippen LogP contribution in [0.2, 0.25) is 5.02 Å². The summed E-state index contributed by atoms with van der Waals surface area (Å²) in [6.45, 7) is 8.07. The fourth-order valence-electron chi connectivity index (χ4n) is 4.81. The summed E-state index contributed by atoms with van der Waals surface area (Å²) >= 11 is 6.28. The van der Waals surface area contributed by atoms with Crippen molar-refractivity contribution in [1.29, 1.82) is 0 Å². The minimum atomic E-state index is 0.107. The number of anilines is 2. The zero-order chi connectivity index (χ0) is 22.2. The standard InChI is InChI=1S/C23H28ClN7O/c1-14(2)31-23(32-19-7-5-4-6-18(19)24)28-22(29-31)27-21-16-8-9-17(21)12-30(11-16)20-10-15(3)25-13-26-20/h4-7,10,13-14,16-17,21H,8-9,11-12H2,1-3H3,(H,27,29). The first-order chi connectivity index (χ1) is 15.5. The molecule has 1 aliphatic heterocycles. The molecule has 5 rings (SSSR count). The normalized spacial score (nSPS) is 22.4. The van der Waals surface area contributed by atoms with E-state index in [9.17, 15) is 0 Å². The highest BCUT2D eigenvalue weighted by Crippen LogP contribution is 2.40. The average molecular weight is 454 g/mol. The molecule has 1 saturated carbocycles. The summed E-state index contributed by atoms with van der Waals surface area (Å²) in [5.74, 6) is 3.23. The molecule has 0 spiro atoms. The molecular formula is C23H28ClN7O. The van der Waals surface area contributed by atoms with Gasteiger partial charge >= 0.3 is 6.01 Å². The van der Waals surface area contributed by atoms with E-state index in [4.69, 9.17) is 21.4 Å². The van der Waals surface area contributed by atoms with Crippen LogP contribution < -0.4 is 15.0 Å². The number of nitrogens with zero attached hydrogens (tertiary/aromatic N) is 6.